The molecule has 0 radical (unpaired) electrons. The highest BCUT2D eigenvalue weighted by Gasteiger charge is 2.15. The van der Waals surface area contributed by atoms with E-state index in [9.17, 15) is 9.18 Å². The number of nitrogens with one attached hydrogen (secondary N) is 1. The van der Waals surface area contributed by atoms with Gasteiger partial charge in [-0.15, -0.1) is 0 Å². The molecule has 1 aromatic carbocycles. The third kappa shape index (κ3) is 6.57. The summed E-state index contributed by atoms with van der Waals surface area (Å²) in [4.78, 5) is 11.4. The first kappa shape index (κ1) is 16.7. The zero-order valence-corrected chi connectivity index (χ0v) is 12.4. The van der Waals surface area contributed by atoms with E-state index in [1.807, 2.05) is 6.08 Å². The topological polar surface area (TPSA) is 62.1 Å². The van der Waals surface area contributed by atoms with Crippen LogP contribution in [-0.4, -0.2) is 18.2 Å². The van der Waals surface area contributed by atoms with Crippen LogP contribution >= 0.6 is 0 Å². The van der Waals surface area contributed by atoms with Crippen molar-refractivity contribution in [3.05, 3.63) is 41.2 Å². The predicted octanol–water partition coefficient (Wildman–Crippen LogP) is 3.63. The summed E-state index contributed by atoms with van der Waals surface area (Å²) < 4.78 is 18.4. The molecule has 112 valence electrons. The molecule has 0 fully saturated rings. The van der Waals surface area contributed by atoms with Crippen LogP contribution in [-0.2, 0) is 4.74 Å². The molecule has 0 aliphatic carbocycles. The van der Waals surface area contributed by atoms with Crippen molar-refractivity contribution in [1.82, 2.24) is 5.32 Å². The quantitative estimate of drug-likeness (QED) is 0.861. The second kappa shape index (κ2) is 7.44. The van der Waals surface area contributed by atoms with E-state index in [2.05, 4.69) is 5.32 Å². The number of nitriles is 1. The van der Waals surface area contributed by atoms with Crippen LogP contribution < -0.4 is 5.32 Å². The average Bonchev–Trinajstić information content (AvgIpc) is 2.36. The molecule has 1 amide bonds. The molecule has 0 spiro atoms. The van der Waals surface area contributed by atoms with Crippen molar-refractivity contribution in [2.45, 2.75) is 32.8 Å². The molecule has 5 heteroatoms. The van der Waals surface area contributed by atoms with Crippen LogP contribution in [0.3, 0.4) is 0 Å². The fraction of sp³-hybridized carbons (Fsp3) is 0.375. The van der Waals surface area contributed by atoms with Crippen LogP contribution in [0.5, 0.6) is 0 Å². The molecule has 0 aliphatic heterocycles. The number of rotatable bonds is 4. The molecule has 1 aromatic rings. The number of ether oxygens (including phenoxy) is 1. The molecule has 0 unspecified atom stereocenters. The van der Waals surface area contributed by atoms with E-state index in [0.29, 0.717) is 18.5 Å². The molecular formula is C16H19FN2O2. The minimum atomic E-state index is -0.536. The van der Waals surface area contributed by atoms with Crippen LogP contribution in [0.25, 0.3) is 6.08 Å². The van der Waals surface area contributed by atoms with Crippen molar-refractivity contribution in [1.29, 1.82) is 5.26 Å². The van der Waals surface area contributed by atoms with Crippen LogP contribution in [0.1, 0.15) is 38.3 Å². The largest absolute Gasteiger partial charge is 0.444 e. The Kier molecular flexibility index (Phi) is 5.92. The Labute approximate surface area is 124 Å². The Hall–Kier alpha value is -2.35. The van der Waals surface area contributed by atoms with Gasteiger partial charge in [0.05, 0.1) is 5.56 Å². The van der Waals surface area contributed by atoms with Crippen molar-refractivity contribution in [3.63, 3.8) is 0 Å². The summed E-state index contributed by atoms with van der Waals surface area (Å²) in [6.45, 7) is 5.83. The normalized spacial score (nSPS) is 11.2. The minimum Gasteiger partial charge on any atom is -0.444 e. The number of halogens is 1. The van der Waals surface area contributed by atoms with Crippen molar-refractivity contribution < 1.29 is 13.9 Å². The molecule has 0 saturated carbocycles. The fourth-order valence-corrected chi connectivity index (χ4v) is 1.52. The summed E-state index contributed by atoms with van der Waals surface area (Å²) in [5.74, 6) is -0.536. The Morgan fingerprint density at radius 1 is 1.48 bits per heavy atom. The molecule has 0 aromatic heterocycles. The molecule has 0 heterocycles. The van der Waals surface area contributed by atoms with E-state index >= 15 is 0 Å². The van der Waals surface area contributed by atoms with E-state index in [1.165, 1.54) is 12.1 Å². The van der Waals surface area contributed by atoms with Gasteiger partial charge in [-0.05, 0) is 44.9 Å². The Morgan fingerprint density at radius 2 is 2.19 bits per heavy atom. The monoisotopic (exact) mass is 290 g/mol. The first-order valence-corrected chi connectivity index (χ1v) is 6.65. The number of amides is 1. The Morgan fingerprint density at radius 3 is 2.76 bits per heavy atom. The third-order valence-corrected chi connectivity index (χ3v) is 2.40. The summed E-state index contributed by atoms with van der Waals surface area (Å²) in [7, 11) is 0. The van der Waals surface area contributed by atoms with Gasteiger partial charge in [-0.2, -0.15) is 5.26 Å². The highest BCUT2D eigenvalue weighted by atomic mass is 19.1. The Bertz CT molecular complexity index is 569. The van der Waals surface area contributed by atoms with E-state index in [0.717, 1.165) is 0 Å². The number of benzene rings is 1. The van der Waals surface area contributed by atoms with Crippen LogP contribution in [0.15, 0.2) is 24.3 Å². The first-order valence-electron chi connectivity index (χ1n) is 6.65. The maximum absolute atomic E-state index is 13.4. The molecular weight excluding hydrogens is 271 g/mol. The standard InChI is InChI=1S/C16H19FN2O2/c1-16(2,3)21-15(20)19-9-5-4-6-12-7-8-13(11-18)14(17)10-12/h4,6-8,10H,5,9H2,1-3H3,(H,19,20). The zero-order valence-electron chi connectivity index (χ0n) is 12.4. The molecule has 0 aliphatic rings. The molecule has 0 bridgehead atoms. The number of carbonyl (C=O) groups excluding carboxylic acids is 1. The first-order chi connectivity index (χ1) is 9.81. The van der Waals surface area contributed by atoms with Gasteiger partial charge in [-0.25, -0.2) is 9.18 Å². The van der Waals surface area contributed by atoms with E-state index in [1.54, 1.807) is 39.0 Å². The minimum absolute atomic E-state index is 0.0266. The van der Waals surface area contributed by atoms with E-state index < -0.39 is 17.5 Å². The molecule has 4 nitrogen and oxygen atoms in total. The SMILES string of the molecule is CC(C)(C)OC(=O)NCCC=Cc1ccc(C#N)c(F)c1. The fourth-order valence-electron chi connectivity index (χ4n) is 1.52. The summed E-state index contributed by atoms with van der Waals surface area (Å²) in [5.41, 5.74) is 0.183. The summed E-state index contributed by atoms with van der Waals surface area (Å²) in [6.07, 6.45) is 3.69. The van der Waals surface area contributed by atoms with Crippen molar-refractivity contribution in [2.75, 3.05) is 6.54 Å². The van der Waals surface area contributed by atoms with Crippen LogP contribution in [0.2, 0.25) is 0 Å². The van der Waals surface area contributed by atoms with Crippen LogP contribution in [0, 0.1) is 17.1 Å². The van der Waals surface area contributed by atoms with Crippen molar-refractivity contribution in [2.24, 2.45) is 0 Å². The molecule has 1 rings (SSSR count). The lowest BCUT2D eigenvalue weighted by molar-refractivity contribution is 0.0529. The summed E-state index contributed by atoms with van der Waals surface area (Å²) >= 11 is 0. The highest BCUT2D eigenvalue weighted by molar-refractivity contribution is 5.67. The highest BCUT2D eigenvalue weighted by Crippen LogP contribution is 2.11. The maximum Gasteiger partial charge on any atom is 0.407 e. The summed E-state index contributed by atoms with van der Waals surface area (Å²) in [5, 5.41) is 11.3. The number of hydrogen-bond acceptors (Lipinski definition) is 3. The molecule has 21 heavy (non-hydrogen) atoms. The van der Waals surface area contributed by atoms with Gasteiger partial charge in [0, 0.05) is 6.54 Å². The molecule has 0 saturated heterocycles. The van der Waals surface area contributed by atoms with Gasteiger partial charge in [0.2, 0.25) is 0 Å². The van der Waals surface area contributed by atoms with Gasteiger partial charge >= 0.3 is 6.09 Å². The number of carbonyl (C=O) groups is 1. The van der Waals surface area contributed by atoms with Gasteiger partial charge in [0.25, 0.3) is 0 Å². The van der Waals surface area contributed by atoms with Crippen molar-refractivity contribution in [3.8, 4) is 6.07 Å². The van der Waals surface area contributed by atoms with E-state index in [-0.39, 0.29) is 5.56 Å². The van der Waals surface area contributed by atoms with Crippen LogP contribution in [0.4, 0.5) is 9.18 Å². The second-order valence-corrected chi connectivity index (χ2v) is 5.47. The number of hydrogen-bond donors (Lipinski definition) is 1. The van der Waals surface area contributed by atoms with Gasteiger partial charge in [0.15, 0.2) is 0 Å². The number of alkyl carbamates (subject to hydrolysis) is 1. The van der Waals surface area contributed by atoms with Gasteiger partial charge in [0.1, 0.15) is 17.5 Å². The third-order valence-electron chi connectivity index (χ3n) is 2.40. The lowest BCUT2D eigenvalue weighted by Crippen LogP contribution is -2.32. The average molecular weight is 290 g/mol. The predicted molar refractivity (Wildman–Crippen MR) is 79.0 cm³/mol. The van der Waals surface area contributed by atoms with Gasteiger partial charge in [-0.3, -0.25) is 0 Å². The number of nitrogens with zero attached hydrogens (tertiary/aromatic N) is 1. The molecule has 1 N–H and O–H groups in total. The Balaban J connectivity index is 2.38. The lowest BCUT2D eigenvalue weighted by Gasteiger charge is -2.19. The zero-order chi connectivity index (χ0) is 15.9. The molecule has 0 atom stereocenters. The lowest BCUT2D eigenvalue weighted by atomic mass is 10.1. The van der Waals surface area contributed by atoms with Gasteiger partial charge in [-0.1, -0.05) is 18.2 Å². The van der Waals surface area contributed by atoms with Crippen molar-refractivity contribution >= 4 is 12.2 Å². The smallest absolute Gasteiger partial charge is 0.407 e. The van der Waals surface area contributed by atoms with E-state index in [4.69, 9.17) is 10.00 Å². The van der Waals surface area contributed by atoms with Gasteiger partial charge < -0.3 is 10.1 Å². The maximum atomic E-state index is 13.4. The summed E-state index contributed by atoms with van der Waals surface area (Å²) in [6, 6.07) is 6.18. The second-order valence-electron chi connectivity index (χ2n) is 5.47.